The number of aromatic nitrogens is 4. The van der Waals surface area contributed by atoms with Crippen LogP contribution in [0, 0.1) is 19.7 Å². The number of benzene rings is 1. The molecule has 0 fully saturated rings. The topological polar surface area (TPSA) is 63.9 Å². The molecule has 0 saturated heterocycles. The Hall–Kier alpha value is -2.61. The standard InChI is InChI=1S/C18H18FN5OS/c1-10-8-13(19)4-5-14(10)18(25)23-6-7-24-15(11(23)2)9-20-16(24)17-21-12(3)22-26-17/h4-5,8-9,11H,6-7H2,1-3H3/t11-/m1/s1. The van der Waals surface area contributed by atoms with Crippen molar-refractivity contribution in [3.05, 3.63) is 52.9 Å². The maximum atomic E-state index is 13.3. The molecule has 0 saturated carbocycles. The molecule has 1 aliphatic rings. The summed E-state index contributed by atoms with van der Waals surface area (Å²) >= 11 is 1.33. The van der Waals surface area contributed by atoms with Crippen molar-refractivity contribution in [1.82, 2.24) is 23.8 Å². The highest BCUT2D eigenvalue weighted by Crippen LogP contribution is 2.32. The zero-order valence-corrected chi connectivity index (χ0v) is 15.5. The molecule has 0 N–H and O–H groups in total. The molecule has 0 radical (unpaired) electrons. The average molecular weight is 371 g/mol. The first kappa shape index (κ1) is 16.8. The largest absolute Gasteiger partial charge is 0.329 e. The van der Waals surface area contributed by atoms with Gasteiger partial charge in [-0.2, -0.15) is 4.37 Å². The number of hydrogen-bond acceptors (Lipinski definition) is 5. The first-order valence-corrected chi connectivity index (χ1v) is 9.16. The van der Waals surface area contributed by atoms with E-state index in [1.807, 2.05) is 18.7 Å². The minimum atomic E-state index is -0.333. The Balaban J connectivity index is 1.65. The number of aryl methyl sites for hydroxylation is 2. The molecular weight excluding hydrogens is 353 g/mol. The second-order valence-corrected chi connectivity index (χ2v) is 7.19. The maximum absolute atomic E-state index is 13.3. The van der Waals surface area contributed by atoms with Crippen molar-refractivity contribution in [2.24, 2.45) is 0 Å². The average Bonchev–Trinajstić information content (AvgIpc) is 3.21. The normalized spacial score (nSPS) is 16.6. The van der Waals surface area contributed by atoms with Gasteiger partial charge in [0.25, 0.3) is 5.91 Å². The van der Waals surface area contributed by atoms with Crippen LogP contribution in [0.4, 0.5) is 4.39 Å². The van der Waals surface area contributed by atoms with Gasteiger partial charge in [-0.25, -0.2) is 14.4 Å². The fourth-order valence-corrected chi connectivity index (χ4v) is 4.05. The third-order valence-corrected chi connectivity index (χ3v) is 5.55. The second kappa shape index (κ2) is 6.28. The number of amides is 1. The summed E-state index contributed by atoms with van der Waals surface area (Å²) in [4.78, 5) is 23.7. The Kier molecular flexibility index (Phi) is 4.07. The predicted molar refractivity (Wildman–Crippen MR) is 96.5 cm³/mol. The SMILES string of the molecule is Cc1nsc(-c2ncc3n2CCN(C(=O)c2ccc(F)cc2C)[C@@H]3C)n1. The third-order valence-electron chi connectivity index (χ3n) is 4.75. The smallest absolute Gasteiger partial charge is 0.254 e. The highest BCUT2D eigenvalue weighted by atomic mass is 32.1. The molecule has 6 nitrogen and oxygen atoms in total. The van der Waals surface area contributed by atoms with Crippen molar-refractivity contribution >= 4 is 17.4 Å². The van der Waals surface area contributed by atoms with Gasteiger partial charge in [0, 0.05) is 18.7 Å². The summed E-state index contributed by atoms with van der Waals surface area (Å²) < 4.78 is 19.7. The van der Waals surface area contributed by atoms with Gasteiger partial charge in [0.1, 0.15) is 11.6 Å². The summed E-state index contributed by atoms with van der Waals surface area (Å²) in [5.41, 5.74) is 2.14. The molecule has 3 aromatic rings. The molecule has 0 bridgehead atoms. The van der Waals surface area contributed by atoms with Crippen molar-refractivity contribution in [3.63, 3.8) is 0 Å². The number of hydrogen-bond donors (Lipinski definition) is 0. The third kappa shape index (κ3) is 2.70. The van der Waals surface area contributed by atoms with Crippen LogP contribution < -0.4 is 0 Å². The molecule has 134 valence electrons. The van der Waals surface area contributed by atoms with Crippen molar-refractivity contribution in [1.29, 1.82) is 0 Å². The van der Waals surface area contributed by atoms with Gasteiger partial charge in [0.05, 0.1) is 17.9 Å². The molecule has 4 rings (SSSR count). The van der Waals surface area contributed by atoms with Gasteiger partial charge in [-0.05, 0) is 56.1 Å². The van der Waals surface area contributed by atoms with Gasteiger partial charge in [-0.1, -0.05) is 0 Å². The summed E-state index contributed by atoms with van der Waals surface area (Å²) in [5.74, 6) is 1.11. The van der Waals surface area contributed by atoms with E-state index in [9.17, 15) is 9.18 Å². The van der Waals surface area contributed by atoms with E-state index in [0.717, 1.165) is 22.4 Å². The lowest BCUT2D eigenvalue weighted by atomic mass is 10.0. The number of fused-ring (bicyclic) bond motifs is 1. The van der Waals surface area contributed by atoms with Crippen LogP contribution in [-0.4, -0.2) is 36.3 Å². The molecule has 3 heterocycles. The van der Waals surface area contributed by atoms with Crippen LogP contribution in [0.25, 0.3) is 10.8 Å². The lowest BCUT2D eigenvalue weighted by molar-refractivity contribution is 0.0644. The lowest BCUT2D eigenvalue weighted by Gasteiger charge is -2.35. The number of carbonyl (C=O) groups excluding carboxylic acids is 1. The van der Waals surface area contributed by atoms with Gasteiger partial charge in [0.15, 0.2) is 10.8 Å². The van der Waals surface area contributed by atoms with E-state index in [2.05, 4.69) is 18.9 Å². The predicted octanol–water partition coefficient (Wildman–Crippen LogP) is 3.37. The Morgan fingerprint density at radius 2 is 2.12 bits per heavy atom. The number of rotatable bonds is 2. The van der Waals surface area contributed by atoms with Crippen LogP contribution in [-0.2, 0) is 6.54 Å². The Morgan fingerprint density at radius 3 is 2.81 bits per heavy atom. The summed E-state index contributed by atoms with van der Waals surface area (Å²) in [6, 6.07) is 4.15. The van der Waals surface area contributed by atoms with E-state index in [1.54, 1.807) is 19.2 Å². The van der Waals surface area contributed by atoms with Gasteiger partial charge < -0.3 is 9.47 Å². The van der Waals surface area contributed by atoms with Crippen molar-refractivity contribution in [3.8, 4) is 10.8 Å². The quantitative estimate of drug-likeness (QED) is 0.693. The van der Waals surface area contributed by atoms with Crippen LogP contribution in [0.1, 0.15) is 40.4 Å². The summed E-state index contributed by atoms with van der Waals surface area (Å²) in [5, 5.41) is 0.787. The monoisotopic (exact) mass is 371 g/mol. The fourth-order valence-electron chi connectivity index (χ4n) is 3.38. The number of nitrogens with zero attached hydrogens (tertiary/aromatic N) is 5. The van der Waals surface area contributed by atoms with E-state index in [4.69, 9.17) is 0 Å². The van der Waals surface area contributed by atoms with Gasteiger partial charge in [-0.15, -0.1) is 0 Å². The minimum absolute atomic E-state index is 0.0873. The van der Waals surface area contributed by atoms with Gasteiger partial charge in [-0.3, -0.25) is 4.79 Å². The molecule has 0 aliphatic carbocycles. The highest BCUT2D eigenvalue weighted by Gasteiger charge is 2.31. The zero-order chi connectivity index (χ0) is 18.4. The fraction of sp³-hybridized carbons (Fsp3) is 0.333. The number of halogens is 1. The van der Waals surface area contributed by atoms with Crippen molar-refractivity contribution in [2.45, 2.75) is 33.4 Å². The van der Waals surface area contributed by atoms with Crippen LogP contribution in [0.5, 0.6) is 0 Å². The molecule has 1 aliphatic heterocycles. The first-order chi connectivity index (χ1) is 12.5. The molecule has 26 heavy (non-hydrogen) atoms. The van der Waals surface area contributed by atoms with Crippen LogP contribution >= 0.6 is 11.5 Å². The van der Waals surface area contributed by atoms with Gasteiger partial charge >= 0.3 is 0 Å². The summed E-state index contributed by atoms with van der Waals surface area (Å²) in [7, 11) is 0. The zero-order valence-electron chi connectivity index (χ0n) is 14.7. The number of carbonyl (C=O) groups is 1. The highest BCUT2D eigenvalue weighted by molar-refractivity contribution is 7.09. The van der Waals surface area contributed by atoms with Gasteiger partial charge in [0.2, 0.25) is 0 Å². The molecule has 8 heteroatoms. The molecule has 0 spiro atoms. The second-order valence-electron chi connectivity index (χ2n) is 6.44. The molecule has 2 aromatic heterocycles. The Morgan fingerprint density at radius 1 is 1.31 bits per heavy atom. The molecule has 1 aromatic carbocycles. The van der Waals surface area contributed by atoms with E-state index in [-0.39, 0.29) is 17.8 Å². The summed E-state index contributed by atoms with van der Waals surface area (Å²) in [6.45, 7) is 6.79. The lowest BCUT2D eigenvalue weighted by Crippen LogP contribution is -2.41. The van der Waals surface area contributed by atoms with E-state index in [1.165, 1.54) is 23.7 Å². The molecule has 1 amide bonds. The van der Waals surface area contributed by atoms with Crippen LogP contribution in [0.2, 0.25) is 0 Å². The van der Waals surface area contributed by atoms with Crippen LogP contribution in [0.15, 0.2) is 24.4 Å². The molecular formula is C18H18FN5OS. The minimum Gasteiger partial charge on any atom is -0.329 e. The van der Waals surface area contributed by atoms with Crippen LogP contribution in [0.3, 0.4) is 0 Å². The summed E-state index contributed by atoms with van der Waals surface area (Å²) in [6.07, 6.45) is 1.80. The molecule has 1 atom stereocenters. The molecule has 0 unspecified atom stereocenters. The first-order valence-electron chi connectivity index (χ1n) is 8.39. The Labute approximate surface area is 154 Å². The van der Waals surface area contributed by atoms with Crippen molar-refractivity contribution in [2.75, 3.05) is 6.54 Å². The Bertz CT molecular complexity index is 995. The number of imidazole rings is 1. The van der Waals surface area contributed by atoms with Crippen molar-refractivity contribution < 1.29 is 9.18 Å². The van der Waals surface area contributed by atoms with E-state index < -0.39 is 0 Å². The maximum Gasteiger partial charge on any atom is 0.254 e. The van der Waals surface area contributed by atoms with E-state index in [0.29, 0.717) is 24.2 Å². The van der Waals surface area contributed by atoms with E-state index >= 15 is 0 Å².